The van der Waals surface area contributed by atoms with E-state index in [9.17, 15) is 0 Å². The minimum atomic E-state index is 0.105. The van der Waals surface area contributed by atoms with E-state index < -0.39 is 0 Å². The molecule has 1 fully saturated rings. The fourth-order valence-corrected chi connectivity index (χ4v) is 3.76. The predicted molar refractivity (Wildman–Crippen MR) is 129 cm³/mol. The summed E-state index contributed by atoms with van der Waals surface area (Å²) in [5, 5.41) is 10.3. The van der Waals surface area contributed by atoms with Crippen LogP contribution in [0.2, 0.25) is 0 Å². The number of ether oxygens (including phenoxy) is 1. The fourth-order valence-electron chi connectivity index (χ4n) is 3.76. The maximum atomic E-state index is 8.89. The minimum Gasteiger partial charge on any atom is -0.398 e. The monoisotopic (exact) mass is 435 g/mol. The molecule has 0 saturated carbocycles. The number of hydrogen-bond acceptors (Lipinski definition) is 8. The molecule has 1 aliphatic rings. The lowest BCUT2D eigenvalue weighted by Crippen LogP contribution is -2.44. The summed E-state index contributed by atoms with van der Waals surface area (Å²) in [5.41, 5.74) is 12.1. The van der Waals surface area contributed by atoms with Crippen molar-refractivity contribution in [2.45, 2.75) is 39.9 Å². The highest BCUT2D eigenvalue weighted by molar-refractivity contribution is 6.13. The molecule has 8 heteroatoms. The van der Waals surface area contributed by atoms with Crippen LogP contribution in [0.3, 0.4) is 0 Å². The van der Waals surface area contributed by atoms with Crippen LogP contribution < -0.4 is 11.6 Å². The van der Waals surface area contributed by atoms with Gasteiger partial charge in [-0.25, -0.2) is 10.8 Å². The number of aromatic nitrogens is 2. The van der Waals surface area contributed by atoms with Gasteiger partial charge in [-0.1, -0.05) is 12.6 Å². The van der Waals surface area contributed by atoms with Crippen molar-refractivity contribution in [2.75, 3.05) is 25.9 Å². The molecule has 1 aromatic heterocycles. The van der Waals surface area contributed by atoms with Gasteiger partial charge in [-0.05, 0) is 45.9 Å². The number of nitrogens with one attached hydrogen (secondary N) is 1. The molecule has 5 N–H and O–H groups in total. The average molecular weight is 436 g/mol. The van der Waals surface area contributed by atoms with Crippen molar-refractivity contribution in [3.05, 3.63) is 65.4 Å². The van der Waals surface area contributed by atoms with Crippen LogP contribution in [0.5, 0.6) is 0 Å². The summed E-state index contributed by atoms with van der Waals surface area (Å²) < 4.78 is 5.81. The average Bonchev–Trinajstić information content (AvgIpc) is 2.72. The van der Waals surface area contributed by atoms with Gasteiger partial charge < -0.3 is 20.4 Å². The normalized spacial score (nSPS) is 19.1. The summed E-state index contributed by atoms with van der Waals surface area (Å²) in [6, 6.07) is 5.52. The van der Waals surface area contributed by atoms with Gasteiger partial charge in [0.25, 0.3) is 0 Å². The molecule has 8 nitrogen and oxygen atoms in total. The van der Waals surface area contributed by atoms with E-state index in [0.29, 0.717) is 16.9 Å². The third kappa shape index (κ3) is 5.15. The Balaban J connectivity index is 1.94. The number of nitrogen functional groups attached to an aromatic ring is 1. The number of morpholine rings is 1. The number of hydrogen-bond donors (Lipinski definition) is 3. The largest absolute Gasteiger partial charge is 0.398 e. The van der Waals surface area contributed by atoms with Crippen LogP contribution >= 0.6 is 0 Å². The first-order valence-corrected chi connectivity index (χ1v) is 10.7. The van der Waals surface area contributed by atoms with Gasteiger partial charge in [-0.2, -0.15) is 0 Å². The second-order valence-electron chi connectivity index (χ2n) is 8.40. The molecule has 32 heavy (non-hydrogen) atoms. The molecule has 0 bridgehead atoms. The van der Waals surface area contributed by atoms with Crippen LogP contribution in [-0.4, -0.2) is 57.9 Å². The molecular weight excluding hydrogens is 402 g/mol. The first kappa shape index (κ1) is 23.4. The molecule has 1 aromatic carbocycles. The molecular formula is C24H33N7O. The summed E-state index contributed by atoms with van der Waals surface area (Å²) >= 11 is 0. The van der Waals surface area contributed by atoms with Gasteiger partial charge >= 0.3 is 0 Å². The molecule has 2 aromatic rings. The molecule has 1 aliphatic heterocycles. The zero-order valence-corrected chi connectivity index (χ0v) is 19.5. The molecule has 0 unspecified atom stereocenters. The van der Waals surface area contributed by atoms with Crippen LogP contribution in [-0.2, 0) is 4.74 Å². The Labute approximate surface area is 190 Å². The van der Waals surface area contributed by atoms with Crippen molar-refractivity contribution in [3.63, 3.8) is 0 Å². The SMILES string of the molecule is C=C(/C=C(/C(=N)c1cc(-c2cnc(C)c(C)n2)ccc1N)N(C)N)N1C[C@@H](C)O[C@@H](C)C1. The number of nitrogens with two attached hydrogens (primary N) is 2. The van der Waals surface area contributed by atoms with Gasteiger partial charge in [-0.15, -0.1) is 0 Å². The lowest BCUT2D eigenvalue weighted by atomic mass is 10.00. The van der Waals surface area contributed by atoms with Gasteiger partial charge in [0.2, 0.25) is 0 Å². The number of nitrogens with zero attached hydrogens (tertiary/aromatic N) is 4. The summed E-state index contributed by atoms with van der Waals surface area (Å²) in [4.78, 5) is 11.2. The van der Waals surface area contributed by atoms with Gasteiger partial charge in [0.05, 0.1) is 46.9 Å². The maximum absolute atomic E-state index is 8.89. The van der Waals surface area contributed by atoms with E-state index in [1.54, 1.807) is 19.3 Å². The van der Waals surface area contributed by atoms with Gasteiger partial charge in [0.1, 0.15) is 0 Å². The zero-order chi connectivity index (χ0) is 23.6. The van der Waals surface area contributed by atoms with Gasteiger partial charge in [0, 0.05) is 42.6 Å². The Morgan fingerprint density at radius 1 is 1.25 bits per heavy atom. The molecule has 3 rings (SSSR count). The van der Waals surface area contributed by atoms with Crippen molar-refractivity contribution in [3.8, 4) is 11.3 Å². The predicted octanol–water partition coefficient (Wildman–Crippen LogP) is 3.02. The first-order valence-electron chi connectivity index (χ1n) is 10.7. The summed E-state index contributed by atoms with van der Waals surface area (Å²) in [6.45, 7) is 13.6. The standard InChI is InChI=1S/C24H33N7O/c1-14(31-12-15(2)32-16(3)13-31)9-23(30(6)27)24(26)20-10-19(7-8-21(20)25)22-11-28-17(4)18(5)29-22/h7-11,15-16,26H,1,12-13,25,27H2,2-6H3/b23-9-,26-24?/t15-,16+. The lowest BCUT2D eigenvalue weighted by Gasteiger charge is -2.37. The number of anilines is 1. The van der Waals surface area contributed by atoms with E-state index in [1.807, 2.05) is 45.9 Å². The van der Waals surface area contributed by atoms with E-state index in [1.165, 1.54) is 5.01 Å². The summed E-state index contributed by atoms with van der Waals surface area (Å²) in [7, 11) is 1.70. The number of likely N-dealkylation sites (N-methyl/N-ethyl adjacent to an activating group) is 1. The van der Waals surface area contributed by atoms with E-state index in [2.05, 4.69) is 21.4 Å². The number of hydrazine groups is 1. The zero-order valence-electron chi connectivity index (χ0n) is 19.5. The number of allylic oxidation sites excluding steroid dienone is 2. The molecule has 0 spiro atoms. The number of aryl methyl sites for hydroxylation is 2. The highest BCUT2D eigenvalue weighted by Crippen LogP contribution is 2.26. The van der Waals surface area contributed by atoms with Gasteiger partial charge in [-0.3, -0.25) is 10.4 Å². The van der Waals surface area contributed by atoms with Crippen molar-refractivity contribution < 1.29 is 4.74 Å². The Morgan fingerprint density at radius 3 is 2.50 bits per heavy atom. The van der Waals surface area contributed by atoms with Crippen LogP contribution in [0.4, 0.5) is 5.69 Å². The highest BCUT2D eigenvalue weighted by atomic mass is 16.5. The Hall–Kier alpha value is -3.23. The third-order valence-electron chi connectivity index (χ3n) is 5.58. The van der Waals surface area contributed by atoms with Gasteiger partial charge in [0.15, 0.2) is 0 Å². The molecule has 0 radical (unpaired) electrons. The van der Waals surface area contributed by atoms with Crippen molar-refractivity contribution in [1.29, 1.82) is 5.41 Å². The van der Waals surface area contributed by atoms with Crippen molar-refractivity contribution >= 4 is 11.4 Å². The third-order valence-corrected chi connectivity index (χ3v) is 5.58. The van der Waals surface area contributed by atoms with Crippen LogP contribution in [0.15, 0.2) is 48.4 Å². The Bertz CT molecular complexity index is 1050. The molecule has 2 heterocycles. The summed E-state index contributed by atoms with van der Waals surface area (Å²) in [6.07, 6.45) is 3.77. The van der Waals surface area contributed by atoms with E-state index in [4.69, 9.17) is 21.7 Å². The Morgan fingerprint density at radius 2 is 1.91 bits per heavy atom. The van der Waals surface area contributed by atoms with Crippen LogP contribution in [0, 0.1) is 19.3 Å². The van der Waals surface area contributed by atoms with E-state index >= 15 is 0 Å². The molecule has 170 valence electrons. The van der Waals surface area contributed by atoms with Crippen molar-refractivity contribution in [2.24, 2.45) is 5.84 Å². The second kappa shape index (κ2) is 9.50. The van der Waals surface area contributed by atoms with Crippen LogP contribution in [0.1, 0.15) is 30.8 Å². The number of rotatable bonds is 6. The molecule has 0 aliphatic carbocycles. The molecule has 0 amide bonds. The van der Waals surface area contributed by atoms with E-state index in [0.717, 1.165) is 41.4 Å². The highest BCUT2D eigenvalue weighted by Gasteiger charge is 2.23. The molecule has 1 saturated heterocycles. The summed E-state index contributed by atoms with van der Waals surface area (Å²) in [5.74, 6) is 6.12. The quantitative estimate of drug-likeness (QED) is 0.210. The minimum absolute atomic E-state index is 0.105. The van der Waals surface area contributed by atoms with E-state index in [-0.39, 0.29) is 17.9 Å². The van der Waals surface area contributed by atoms with Crippen LogP contribution in [0.25, 0.3) is 11.3 Å². The number of benzene rings is 1. The topological polar surface area (TPSA) is 117 Å². The lowest BCUT2D eigenvalue weighted by molar-refractivity contribution is -0.0566. The smallest absolute Gasteiger partial charge is 0.0888 e. The first-order chi connectivity index (χ1) is 15.1. The fraction of sp³-hybridized carbons (Fsp3) is 0.375. The van der Waals surface area contributed by atoms with Crippen molar-refractivity contribution in [1.82, 2.24) is 19.9 Å². The Kier molecular flexibility index (Phi) is 6.96. The maximum Gasteiger partial charge on any atom is 0.0888 e. The molecule has 2 atom stereocenters. The second-order valence-corrected chi connectivity index (χ2v) is 8.40.